The second-order valence-electron chi connectivity index (χ2n) is 10.5. The number of ether oxygens (including phenoxy) is 1. The molecule has 2 N–H and O–H groups in total. The summed E-state index contributed by atoms with van der Waals surface area (Å²) in [5.74, 6) is -0.731. The summed E-state index contributed by atoms with van der Waals surface area (Å²) < 4.78 is 5.39. The lowest BCUT2D eigenvalue weighted by Gasteiger charge is -2.36. The first-order chi connectivity index (χ1) is 15.7. The molecule has 1 rings (SSSR count). The van der Waals surface area contributed by atoms with E-state index < -0.39 is 23.8 Å². The Hall–Kier alpha value is -2.57. The van der Waals surface area contributed by atoms with Gasteiger partial charge in [-0.1, -0.05) is 51.0 Å². The molecular weight excluding hydrogens is 430 g/mol. The molecule has 1 aromatic rings. The summed E-state index contributed by atoms with van der Waals surface area (Å²) in [4.78, 5) is 41.4. The van der Waals surface area contributed by atoms with Crippen molar-refractivity contribution in [2.24, 2.45) is 5.92 Å². The summed E-state index contributed by atoms with van der Waals surface area (Å²) in [6, 6.07) is 4.24. The van der Waals surface area contributed by atoms with E-state index in [0.717, 1.165) is 29.5 Å². The second-order valence-corrected chi connectivity index (χ2v) is 10.5. The number of carbonyl (C=O) groups is 3. The van der Waals surface area contributed by atoms with Crippen LogP contribution in [0, 0.1) is 19.8 Å². The van der Waals surface area contributed by atoms with Crippen molar-refractivity contribution in [3.05, 3.63) is 34.9 Å². The molecule has 34 heavy (non-hydrogen) atoms. The molecule has 192 valence electrons. The van der Waals surface area contributed by atoms with Gasteiger partial charge in [-0.05, 0) is 71.9 Å². The maximum absolute atomic E-state index is 13.8. The lowest BCUT2D eigenvalue weighted by Crippen LogP contribution is -2.55. The first kappa shape index (κ1) is 29.5. The van der Waals surface area contributed by atoms with Crippen molar-refractivity contribution in [1.29, 1.82) is 0 Å². The number of nitrogens with one attached hydrogen (secondary N) is 2. The van der Waals surface area contributed by atoms with Gasteiger partial charge in [0.15, 0.2) is 0 Å². The molecule has 3 amide bonds. The number of alkyl carbamates (subject to hydrolysis) is 1. The van der Waals surface area contributed by atoms with Crippen molar-refractivity contribution in [3.8, 4) is 0 Å². The molecule has 0 fully saturated rings. The van der Waals surface area contributed by atoms with E-state index >= 15 is 0 Å². The van der Waals surface area contributed by atoms with Crippen molar-refractivity contribution < 1.29 is 19.1 Å². The highest BCUT2D eigenvalue weighted by molar-refractivity contribution is 5.92. The molecule has 0 bridgehead atoms. The van der Waals surface area contributed by atoms with Gasteiger partial charge in [0.1, 0.15) is 17.7 Å². The Balaban J connectivity index is 3.40. The maximum atomic E-state index is 13.8. The van der Waals surface area contributed by atoms with Crippen LogP contribution in [0.1, 0.15) is 91.0 Å². The van der Waals surface area contributed by atoms with Crippen molar-refractivity contribution in [2.45, 2.75) is 106 Å². The van der Waals surface area contributed by atoms with Gasteiger partial charge in [0.25, 0.3) is 0 Å². The van der Waals surface area contributed by atoms with Crippen LogP contribution < -0.4 is 10.6 Å². The van der Waals surface area contributed by atoms with Crippen LogP contribution in [0.15, 0.2) is 18.2 Å². The van der Waals surface area contributed by atoms with Crippen LogP contribution in [-0.4, -0.2) is 47.0 Å². The van der Waals surface area contributed by atoms with Gasteiger partial charge in [0.05, 0.1) is 0 Å². The summed E-state index contributed by atoms with van der Waals surface area (Å²) in [6.07, 6.45) is 1.14. The van der Waals surface area contributed by atoms with Crippen molar-refractivity contribution in [3.63, 3.8) is 0 Å². The third-order valence-corrected chi connectivity index (χ3v) is 5.62. The molecule has 0 aliphatic heterocycles. The van der Waals surface area contributed by atoms with E-state index in [1.165, 1.54) is 0 Å². The van der Waals surface area contributed by atoms with Crippen LogP contribution in [0.3, 0.4) is 0 Å². The van der Waals surface area contributed by atoms with Gasteiger partial charge in [0.2, 0.25) is 11.8 Å². The number of amides is 3. The van der Waals surface area contributed by atoms with Crippen LogP contribution in [0.4, 0.5) is 4.79 Å². The fourth-order valence-electron chi connectivity index (χ4n) is 4.00. The highest BCUT2D eigenvalue weighted by Crippen LogP contribution is 2.27. The van der Waals surface area contributed by atoms with E-state index in [2.05, 4.69) is 17.6 Å². The molecule has 0 heterocycles. The number of benzene rings is 1. The number of hydrogen-bond acceptors (Lipinski definition) is 4. The predicted molar refractivity (Wildman–Crippen MR) is 137 cm³/mol. The Kier molecular flexibility index (Phi) is 11.1. The fourth-order valence-corrected chi connectivity index (χ4v) is 4.00. The molecule has 0 saturated heterocycles. The molecule has 7 nitrogen and oxygen atoms in total. The van der Waals surface area contributed by atoms with Crippen molar-refractivity contribution in [1.82, 2.24) is 15.5 Å². The van der Waals surface area contributed by atoms with Gasteiger partial charge in [-0.25, -0.2) is 4.79 Å². The summed E-state index contributed by atoms with van der Waals surface area (Å²) in [6.45, 7) is 19.2. The highest BCUT2D eigenvalue weighted by Gasteiger charge is 2.37. The minimum Gasteiger partial charge on any atom is -0.444 e. The molecule has 0 aromatic heterocycles. The van der Waals surface area contributed by atoms with Crippen LogP contribution in [0.5, 0.6) is 0 Å². The number of hydrogen-bond donors (Lipinski definition) is 2. The second kappa shape index (κ2) is 12.8. The summed E-state index contributed by atoms with van der Waals surface area (Å²) in [5.41, 5.74) is 2.12. The zero-order chi connectivity index (χ0) is 26.2. The Morgan fingerprint density at radius 2 is 1.65 bits per heavy atom. The van der Waals surface area contributed by atoms with Crippen molar-refractivity contribution in [2.75, 3.05) is 6.54 Å². The first-order valence-corrected chi connectivity index (χ1v) is 12.4. The minimum atomic E-state index is -0.830. The Morgan fingerprint density at radius 1 is 1.03 bits per heavy atom. The standard InChI is InChI=1S/C27H45N3O4/c1-11-13-20(7)28-24(31)23(21-15-14-18(5)16-19(21)6)30(12-2)25(32)22(17(3)4)29-26(33)34-27(8,9)10/h14-17,20,22-23H,11-13H2,1-10H3,(H,28,31)(H,29,33). The topological polar surface area (TPSA) is 87.7 Å². The lowest BCUT2D eigenvalue weighted by atomic mass is 9.95. The van der Waals surface area contributed by atoms with Crippen LogP contribution in [-0.2, 0) is 14.3 Å². The van der Waals surface area contributed by atoms with Gasteiger partial charge in [-0.3, -0.25) is 9.59 Å². The van der Waals surface area contributed by atoms with E-state index in [9.17, 15) is 14.4 Å². The number of rotatable bonds is 10. The van der Waals surface area contributed by atoms with E-state index in [-0.39, 0.29) is 23.8 Å². The first-order valence-electron chi connectivity index (χ1n) is 12.4. The monoisotopic (exact) mass is 475 g/mol. The average Bonchev–Trinajstić information content (AvgIpc) is 2.69. The summed E-state index contributed by atoms with van der Waals surface area (Å²) >= 11 is 0. The van der Waals surface area contributed by atoms with E-state index in [1.807, 2.05) is 59.7 Å². The third kappa shape index (κ3) is 8.65. The van der Waals surface area contributed by atoms with E-state index in [4.69, 9.17) is 4.74 Å². The molecule has 0 saturated carbocycles. The number of nitrogens with zero attached hydrogens (tertiary/aromatic N) is 1. The summed E-state index contributed by atoms with van der Waals surface area (Å²) in [7, 11) is 0. The zero-order valence-electron chi connectivity index (χ0n) is 22.7. The summed E-state index contributed by atoms with van der Waals surface area (Å²) in [5, 5.41) is 5.82. The third-order valence-electron chi connectivity index (χ3n) is 5.62. The number of likely N-dealkylation sites (N-methyl/N-ethyl adjacent to an activating group) is 1. The predicted octanol–water partition coefficient (Wildman–Crippen LogP) is 5.05. The normalized spacial score (nSPS) is 14.2. The largest absolute Gasteiger partial charge is 0.444 e. The smallest absolute Gasteiger partial charge is 0.408 e. The molecule has 3 atom stereocenters. The Morgan fingerprint density at radius 3 is 2.12 bits per heavy atom. The van der Waals surface area contributed by atoms with Gasteiger partial charge in [-0.2, -0.15) is 0 Å². The average molecular weight is 476 g/mol. The zero-order valence-corrected chi connectivity index (χ0v) is 22.7. The van der Waals surface area contributed by atoms with Crippen LogP contribution in [0.2, 0.25) is 0 Å². The number of aryl methyl sites for hydroxylation is 2. The molecule has 0 radical (unpaired) electrons. The highest BCUT2D eigenvalue weighted by atomic mass is 16.6. The molecule has 0 aliphatic rings. The van der Waals surface area contributed by atoms with Crippen LogP contribution >= 0.6 is 0 Å². The van der Waals surface area contributed by atoms with E-state index in [1.54, 1.807) is 25.7 Å². The van der Waals surface area contributed by atoms with Gasteiger partial charge in [0, 0.05) is 12.6 Å². The molecule has 0 aliphatic carbocycles. The Labute approximate surface area is 206 Å². The molecule has 0 spiro atoms. The van der Waals surface area contributed by atoms with Gasteiger partial charge in [-0.15, -0.1) is 0 Å². The minimum absolute atomic E-state index is 0.0136. The molecular formula is C27H45N3O4. The van der Waals surface area contributed by atoms with Crippen molar-refractivity contribution >= 4 is 17.9 Å². The van der Waals surface area contributed by atoms with Gasteiger partial charge < -0.3 is 20.3 Å². The Bertz CT molecular complexity index is 845. The van der Waals surface area contributed by atoms with Crippen LogP contribution in [0.25, 0.3) is 0 Å². The molecule has 3 unspecified atom stereocenters. The molecule has 7 heteroatoms. The quantitative estimate of drug-likeness (QED) is 0.496. The number of carbonyl (C=O) groups excluding carboxylic acids is 3. The lowest BCUT2D eigenvalue weighted by molar-refractivity contribution is -0.143. The fraction of sp³-hybridized carbons (Fsp3) is 0.667. The van der Waals surface area contributed by atoms with Gasteiger partial charge >= 0.3 is 6.09 Å². The van der Waals surface area contributed by atoms with E-state index in [0.29, 0.717) is 6.54 Å². The molecule has 1 aromatic carbocycles. The maximum Gasteiger partial charge on any atom is 0.408 e. The SMILES string of the molecule is CCCC(C)NC(=O)C(c1ccc(C)cc1C)N(CC)C(=O)C(NC(=O)OC(C)(C)C)C(C)C.